The van der Waals surface area contributed by atoms with Crippen LogP contribution in [0.1, 0.15) is 45.6 Å². The normalized spacial score (nSPS) is 28.0. The quantitative estimate of drug-likeness (QED) is 0.484. The number of hydrogen-bond donors (Lipinski definition) is 1. The Balaban J connectivity index is 2.87. The summed E-state index contributed by atoms with van der Waals surface area (Å²) in [6.45, 7) is 4.38. The molecule has 22 heavy (non-hydrogen) atoms. The van der Waals surface area contributed by atoms with Gasteiger partial charge in [-0.25, -0.2) is 22.0 Å². The maximum Gasteiger partial charge on any atom is 0.200 e. The second kappa shape index (κ2) is 5.48. The highest BCUT2D eigenvalue weighted by Crippen LogP contribution is 2.56. The number of halogens is 5. The molecule has 0 spiro atoms. The summed E-state index contributed by atoms with van der Waals surface area (Å²) in [6.07, 6.45) is 1.84. The highest BCUT2D eigenvalue weighted by Gasteiger charge is 2.55. The lowest BCUT2D eigenvalue weighted by Gasteiger charge is -2.53. The average Bonchev–Trinajstić information content (AvgIpc) is 2.46. The third-order valence-electron chi connectivity index (χ3n) is 5.39. The molecular weight excluding hydrogens is 303 g/mol. The van der Waals surface area contributed by atoms with Gasteiger partial charge in [0.15, 0.2) is 23.3 Å². The molecule has 1 N–H and O–H groups in total. The van der Waals surface area contributed by atoms with Crippen molar-refractivity contribution in [2.24, 2.45) is 11.3 Å². The third-order valence-corrected chi connectivity index (χ3v) is 5.39. The van der Waals surface area contributed by atoms with Crippen molar-refractivity contribution in [2.45, 2.75) is 45.4 Å². The van der Waals surface area contributed by atoms with Crippen molar-refractivity contribution in [2.75, 3.05) is 6.61 Å². The summed E-state index contributed by atoms with van der Waals surface area (Å²) in [7, 11) is 0. The van der Waals surface area contributed by atoms with Crippen LogP contribution in [0.5, 0.6) is 0 Å². The first-order valence-electron chi connectivity index (χ1n) is 7.24. The molecule has 1 aromatic carbocycles. The Kier molecular flexibility index (Phi) is 4.28. The molecule has 1 nitrogen and oxygen atoms in total. The monoisotopic (exact) mass is 322 g/mol. The van der Waals surface area contributed by atoms with Crippen LogP contribution < -0.4 is 0 Å². The lowest BCUT2D eigenvalue weighted by molar-refractivity contribution is -0.0134. The smallest absolute Gasteiger partial charge is 0.200 e. The number of hydrogen-bond acceptors (Lipinski definition) is 1. The van der Waals surface area contributed by atoms with Crippen LogP contribution in [0.15, 0.2) is 0 Å². The molecule has 1 saturated carbocycles. The molecule has 2 rings (SSSR count). The number of aliphatic hydroxyl groups excluding tert-OH is 1. The van der Waals surface area contributed by atoms with Gasteiger partial charge in [0, 0.05) is 11.0 Å². The van der Waals surface area contributed by atoms with E-state index in [1.165, 1.54) is 0 Å². The molecule has 1 fully saturated rings. The molecule has 2 atom stereocenters. The van der Waals surface area contributed by atoms with Gasteiger partial charge in [-0.2, -0.15) is 0 Å². The molecule has 0 amide bonds. The first kappa shape index (κ1) is 17.2. The maximum atomic E-state index is 14.3. The molecule has 124 valence electrons. The van der Waals surface area contributed by atoms with E-state index in [0.29, 0.717) is 12.8 Å². The zero-order valence-corrected chi connectivity index (χ0v) is 12.7. The Hall–Kier alpha value is -1.17. The van der Waals surface area contributed by atoms with Gasteiger partial charge >= 0.3 is 0 Å². The van der Waals surface area contributed by atoms with Gasteiger partial charge in [-0.3, -0.25) is 0 Å². The van der Waals surface area contributed by atoms with Crippen molar-refractivity contribution < 1.29 is 27.1 Å². The van der Waals surface area contributed by atoms with Crippen LogP contribution in [0.3, 0.4) is 0 Å². The minimum Gasteiger partial charge on any atom is -0.395 e. The summed E-state index contributed by atoms with van der Waals surface area (Å²) < 4.78 is 69.1. The maximum absolute atomic E-state index is 14.3. The lowest BCUT2D eigenvalue weighted by atomic mass is 9.51. The molecule has 1 aliphatic rings. The third kappa shape index (κ3) is 2.07. The van der Waals surface area contributed by atoms with Crippen molar-refractivity contribution in [1.29, 1.82) is 0 Å². The minimum atomic E-state index is -2.17. The van der Waals surface area contributed by atoms with Crippen LogP contribution in [0.2, 0.25) is 0 Å². The summed E-state index contributed by atoms with van der Waals surface area (Å²) >= 11 is 0. The van der Waals surface area contributed by atoms with Gasteiger partial charge in [0.05, 0.1) is 6.61 Å². The molecule has 0 aromatic heterocycles. The van der Waals surface area contributed by atoms with E-state index in [0.717, 1.165) is 6.42 Å². The highest BCUT2D eigenvalue weighted by molar-refractivity contribution is 5.35. The van der Waals surface area contributed by atoms with E-state index < -0.39 is 58.0 Å². The molecule has 0 aliphatic heterocycles. The Bertz CT molecular complexity index is 570. The van der Waals surface area contributed by atoms with Gasteiger partial charge in [-0.15, -0.1) is 0 Å². The number of aliphatic hydroxyl groups is 1. The number of rotatable bonds is 2. The minimum absolute atomic E-state index is 0.422. The Labute approximate surface area is 126 Å². The van der Waals surface area contributed by atoms with Crippen molar-refractivity contribution in [1.82, 2.24) is 0 Å². The summed E-state index contributed by atoms with van der Waals surface area (Å²) in [5.41, 5.74) is -3.21. The largest absolute Gasteiger partial charge is 0.395 e. The van der Waals surface area contributed by atoms with Gasteiger partial charge < -0.3 is 5.11 Å². The molecule has 0 saturated heterocycles. The summed E-state index contributed by atoms with van der Waals surface area (Å²) in [5, 5.41) is 9.93. The highest BCUT2D eigenvalue weighted by atomic mass is 19.2. The molecule has 1 aromatic rings. The van der Waals surface area contributed by atoms with Crippen molar-refractivity contribution in [3.05, 3.63) is 34.6 Å². The van der Waals surface area contributed by atoms with Gasteiger partial charge in [0.25, 0.3) is 0 Å². The van der Waals surface area contributed by atoms with E-state index in [4.69, 9.17) is 0 Å². The van der Waals surface area contributed by atoms with Gasteiger partial charge in [0.1, 0.15) is 0 Å². The molecular formula is C16H19F5O. The van der Waals surface area contributed by atoms with Crippen molar-refractivity contribution in [3.63, 3.8) is 0 Å². The van der Waals surface area contributed by atoms with Crippen molar-refractivity contribution >= 4 is 0 Å². The SMILES string of the molecule is C[C@H]1CCCC(C)(C)[C@@]1(CO)c1c(F)c(F)c(F)c(F)c1F. The first-order valence-corrected chi connectivity index (χ1v) is 7.24. The average molecular weight is 322 g/mol. The van der Waals surface area contributed by atoms with Crippen LogP contribution in [0, 0.1) is 40.4 Å². The predicted octanol–water partition coefficient (Wildman–Crippen LogP) is 4.46. The standard InChI is InChI=1S/C16H19F5O/c1-8-5-4-6-15(2,3)16(8,7-22)9-10(17)12(19)14(21)13(20)11(9)18/h8,22H,4-7H2,1-3H3/t8-,16+/m0/s1. The van der Waals surface area contributed by atoms with Crippen molar-refractivity contribution in [3.8, 4) is 0 Å². The van der Waals surface area contributed by atoms with Crippen LogP contribution in [0.25, 0.3) is 0 Å². The molecule has 0 bridgehead atoms. The van der Waals surface area contributed by atoms with E-state index in [1.807, 2.05) is 0 Å². The summed E-state index contributed by atoms with van der Waals surface area (Å²) in [6, 6.07) is 0. The second-order valence-corrected chi connectivity index (χ2v) is 6.75. The van der Waals surface area contributed by atoms with Crippen LogP contribution >= 0.6 is 0 Å². The Morgan fingerprint density at radius 1 is 0.955 bits per heavy atom. The fourth-order valence-electron chi connectivity index (χ4n) is 4.02. The summed E-state index contributed by atoms with van der Waals surface area (Å²) in [5.74, 6) is -10.2. The molecule has 0 radical (unpaired) electrons. The fraction of sp³-hybridized carbons (Fsp3) is 0.625. The summed E-state index contributed by atoms with van der Waals surface area (Å²) in [4.78, 5) is 0. The first-order chi connectivity index (χ1) is 10.1. The second-order valence-electron chi connectivity index (χ2n) is 6.75. The molecule has 0 heterocycles. The van der Waals surface area contributed by atoms with E-state index in [9.17, 15) is 27.1 Å². The number of benzene rings is 1. The van der Waals surface area contributed by atoms with Gasteiger partial charge in [0.2, 0.25) is 5.82 Å². The van der Waals surface area contributed by atoms with E-state index >= 15 is 0 Å². The van der Waals surface area contributed by atoms with Gasteiger partial charge in [-0.05, 0) is 24.2 Å². The zero-order chi connectivity index (χ0) is 16.9. The molecule has 1 aliphatic carbocycles. The Morgan fingerprint density at radius 2 is 1.41 bits per heavy atom. The van der Waals surface area contributed by atoms with Crippen LogP contribution in [-0.2, 0) is 5.41 Å². The Morgan fingerprint density at radius 3 is 1.82 bits per heavy atom. The fourth-order valence-corrected chi connectivity index (χ4v) is 4.02. The molecule has 0 unspecified atom stereocenters. The van der Waals surface area contributed by atoms with E-state index in [1.54, 1.807) is 20.8 Å². The van der Waals surface area contributed by atoms with E-state index in [2.05, 4.69) is 0 Å². The van der Waals surface area contributed by atoms with Crippen LogP contribution in [0.4, 0.5) is 22.0 Å². The van der Waals surface area contributed by atoms with Gasteiger partial charge in [-0.1, -0.05) is 27.2 Å². The zero-order valence-electron chi connectivity index (χ0n) is 12.7. The van der Waals surface area contributed by atoms with E-state index in [-0.39, 0.29) is 0 Å². The predicted molar refractivity (Wildman–Crippen MR) is 71.8 cm³/mol. The van der Waals surface area contributed by atoms with Crippen LogP contribution in [-0.4, -0.2) is 11.7 Å². The molecule has 6 heteroatoms. The lowest BCUT2D eigenvalue weighted by Crippen LogP contribution is -2.54. The topological polar surface area (TPSA) is 20.2 Å².